The van der Waals surface area contributed by atoms with E-state index in [1.807, 2.05) is 48.5 Å². The van der Waals surface area contributed by atoms with Gasteiger partial charge in [-0.25, -0.2) is 0 Å². The number of nitrogens with zero attached hydrogens (tertiary/aromatic N) is 2. The first-order valence-electron chi connectivity index (χ1n) is 26.5. The number of ether oxygens (including phenoxy) is 10. The molecule has 19 nitrogen and oxygen atoms in total. The first-order chi connectivity index (χ1) is 33.6. The lowest BCUT2D eigenvalue weighted by Crippen LogP contribution is -2.59. The molecule has 4 heterocycles. The SMILES string of the molecule is CO/N=C1\C[C@@H](C)O[C@@H](O[C@@H]2[C@@H](C)[C@H](O[C@H]3CC(C)N(CC(C)C)C[C@H](C)O3)[C@@H](C)C(=O)O[C@H]([C@@H](C)CO[C@@H]3O[C@H](C)[C@@H](O)[C@@H](OC)[C@H]3OC)[C@H](C)[C@@H](OC(=O)CC(C)C)[C@@H](C)C(=O)[C@@](C)(O)C[C@@H]2C)[C@@H]1O. The van der Waals surface area contributed by atoms with Crippen molar-refractivity contribution in [3.05, 3.63) is 0 Å². The average Bonchev–Trinajstić information content (AvgIpc) is 3.42. The predicted octanol–water partition coefficient (Wildman–Crippen LogP) is 5.30. The molecule has 418 valence electrons. The fourth-order valence-corrected chi connectivity index (χ4v) is 11.3. The van der Waals surface area contributed by atoms with Gasteiger partial charge in [0.2, 0.25) is 0 Å². The van der Waals surface area contributed by atoms with E-state index in [0.717, 1.165) is 6.54 Å². The summed E-state index contributed by atoms with van der Waals surface area (Å²) in [5, 5.41) is 39.0. The zero-order valence-electron chi connectivity index (χ0n) is 46.7. The van der Waals surface area contributed by atoms with E-state index in [9.17, 15) is 24.9 Å². The Kier molecular flexibility index (Phi) is 23.8. The smallest absolute Gasteiger partial charge is 0.311 e. The number of aliphatic hydroxyl groups is 3. The Balaban J connectivity index is 1.89. The van der Waals surface area contributed by atoms with Gasteiger partial charge >= 0.3 is 11.9 Å². The second kappa shape index (κ2) is 27.6. The van der Waals surface area contributed by atoms with Gasteiger partial charge in [-0.15, -0.1) is 0 Å². The number of carbonyl (C=O) groups is 3. The lowest BCUT2D eigenvalue weighted by atomic mass is 9.74. The van der Waals surface area contributed by atoms with Gasteiger partial charge in [-0.3, -0.25) is 19.3 Å². The second-order valence-electron chi connectivity index (χ2n) is 22.7. The molecule has 19 heteroatoms. The first kappa shape index (κ1) is 62.1. The molecule has 0 bridgehead atoms. The van der Waals surface area contributed by atoms with Gasteiger partial charge in [0.05, 0.1) is 54.7 Å². The Morgan fingerprint density at radius 3 is 2.04 bits per heavy atom. The predicted molar refractivity (Wildman–Crippen MR) is 266 cm³/mol. The van der Waals surface area contributed by atoms with Gasteiger partial charge < -0.3 is 67.5 Å². The standard InChI is InChI=1S/C53H94N2O17/c1-26(2)19-39(56)69-45-34(11)44(29(6)25-65-52-48(63-17)47(62-16)41(57)37(14)68-52)71-50(60)36(13)46(70-40-20-30(7)55(23-27(3)4)24-32(9)66-40)33(10)43(28(5)22-53(15,61)49(59)35(45)12)72-51-42(58)38(54-64-18)21-31(8)67-51/h26-37,40-48,51-52,57-58,61H,19-25H2,1-18H3/b54-38+/t28-,29-,30?,31+,32-,33+,34-,35+,36+,37+,40-,41+,42+,43-,44+,45+,46-,47+,48+,51-,52+,53-/m0/s1. The minimum absolute atomic E-state index is 0.0516. The summed E-state index contributed by atoms with van der Waals surface area (Å²) < 4.78 is 63.5. The summed E-state index contributed by atoms with van der Waals surface area (Å²) >= 11 is 0. The summed E-state index contributed by atoms with van der Waals surface area (Å²) in [4.78, 5) is 51.3. The lowest BCUT2D eigenvalue weighted by molar-refractivity contribution is -0.305. The molecule has 0 saturated carbocycles. The van der Waals surface area contributed by atoms with Crippen molar-refractivity contribution in [1.82, 2.24) is 4.90 Å². The molecule has 0 aliphatic carbocycles. The van der Waals surface area contributed by atoms with Crippen molar-refractivity contribution >= 4 is 23.4 Å². The Morgan fingerprint density at radius 1 is 0.792 bits per heavy atom. The summed E-state index contributed by atoms with van der Waals surface area (Å²) in [5.41, 5.74) is -1.70. The van der Waals surface area contributed by atoms with E-state index in [4.69, 9.17) is 52.2 Å². The van der Waals surface area contributed by atoms with Crippen LogP contribution in [-0.4, -0.2) is 182 Å². The number of hydrogen-bond acceptors (Lipinski definition) is 19. The molecule has 3 N–H and O–H groups in total. The molecule has 4 aliphatic rings. The number of oxime groups is 1. The highest BCUT2D eigenvalue weighted by atomic mass is 16.7. The quantitative estimate of drug-likeness (QED) is 0.132. The number of aliphatic hydroxyl groups excluding tert-OH is 2. The third-order valence-corrected chi connectivity index (χ3v) is 15.0. The molecule has 0 radical (unpaired) electrons. The monoisotopic (exact) mass is 1030 g/mol. The van der Waals surface area contributed by atoms with Crippen LogP contribution in [0.5, 0.6) is 0 Å². The van der Waals surface area contributed by atoms with Gasteiger partial charge in [-0.05, 0) is 65.7 Å². The Labute approximate surface area is 429 Å². The molecule has 4 fully saturated rings. The number of Topliss-reactive ketones (excluding diaryl/α,β-unsaturated/α-hetero) is 1. The van der Waals surface area contributed by atoms with Crippen molar-refractivity contribution in [2.24, 2.45) is 52.5 Å². The Hall–Kier alpha value is -2.40. The van der Waals surface area contributed by atoms with E-state index in [-0.39, 0.29) is 43.9 Å². The molecular formula is C53H94N2O17. The maximum Gasteiger partial charge on any atom is 0.311 e. The average molecular weight is 1030 g/mol. The minimum Gasteiger partial charge on any atom is -0.461 e. The highest BCUT2D eigenvalue weighted by molar-refractivity contribution is 5.90. The molecule has 4 rings (SSSR count). The molecule has 1 unspecified atom stereocenters. The van der Waals surface area contributed by atoms with Crippen molar-refractivity contribution in [1.29, 1.82) is 0 Å². The Bertz CT molecular complexity index is 1730. The van der Waals surface area contributed by atoms with Crippen LogP contribution in [0.1, 0.15) is 130 Å². The van der Waals surface area contributed by atoms with Crippen molar-refractivity contribution < 1.29 is 81.9 Å². The fourth-order valence-electron chi connectivity index (χ4n) is 11.3. The first-order valence-corrected chi connectivity index (χ1v) is 26.5. The van der Waals surface area contributed by atoms with Gasteiger partial charge in [-0.1, -0.05) is 67.5 Å². The zero-order chi connectivity index (χ0) is 54.1. The van der Waals surface area contributed by atoms with E-state index < -0.39 is 139 Å². The van der Waals surface area contributed by atoms with Crippen molar-refractivity contribution in [3.63, 3.8) is 0 Å². The summed E-state index contributed by atoms with van der Waals surface area (Å²) in [6.45, 7) is 29.3. The number of carbonyl (C=O) groups excluding carboxylic acids is 3. The third kappa shape index (κ3) is 16.1. The summed E-state index contributed by atoms with van der Waals surface area (Å²) in [7, 11) is 4.32. The lowest BCUT2D eigenvalue weighted by Gasteiger charge is -2.44. The Morgan fingerprint density at radius 2 is 1.44 bits per heavy atom. The van der Waals surface area contributed by atoms with Gasteiger partial charge in [0.25, 0.3) is 0 Å². The van der Waals surface area contributed by atoms with Crippen LogP contribution in [-0.2, 0) is 66.6 Å². The third-order valence-electron chi connectivity index (χ3n) is 15.0. The molecule has 0 aromatic heterocycles. The van der Waals surface area contributed by atoms with Crippen LogP contribution in [0.2, 0.25) is 0 Å². The summed E-state index contributed by atoms with van der Waals surface area (Å²) in [5.74, 6) is -6.45. The van der Waals surface area contributed by atoms with Crippen LogP contribution >= 0.6 is 0 Å². The van der Waals surface area contributed by atoms with Crippen LogP contribution in [0, 0.1) is 47.3 Å². The molecular weight excluding hydrogens is 937 g/mol. The van der Waals surface area contributed by atoms with E-state index in [1.54, 1.807) is 27.7 Å². The number of cyclic esters (lactones) is 1. The number of hydrogen-bond donors (Lipinski definition) is 3. The number of esters is 2. The molecule has 4 saturated heterocycles. The highest BCUT2D eigenvalue weighted by Gasteiger charge is 2.51. The number of ketones is 1. The normalized spacial score (nSPS) is 42.5. The van der Waals surface area contributed by atoms with Gasteiger partial charge in [0.1, 0.15) is 49.3 Å². The van der Waals surface area contributed by atoms with E-state index in [2.05, 4.69) is 30.8 Å². The number of methoxy groups -OCH3 is 2. The summed E-state index contributed by atoms with van der Waals surface area (Å²) in [6, 6.07) is 0.0518. The topological polar surface area (TPSA) is 229 Å². The van der Waals surface area contributed by atoms with Crippen molar-refractivity contribution in [2.45, 2.75) is 227 Å². The fraction of sp³-hybridized carbons (Fsp3) is 0.925. The van der Waals surface area contributed by atoms with Crippen LogP contribution in [0.25, 0.3) is 0 Å². The molecule has 0 aromatic carbocycles. The molecule has 22 atom stereocenters. The minimum atomic E-state index is -2.01. The van der Waals surface area contributed by atoms with Crippen LogP contribution in [0.4, 0.5) is 0 Å². The second-order valence-corrected chi connectivity index (χ2v) is 22.7. The van der Waals surface area contributed by atoms with E-state index >= 15 is 4.79 Å². The maximum atomic E-state index is 15.3. The molecule has 0 aromatic rings. The van der Waals surface area contributed by atoms with Gasteiger partial charge in [0, 0.05) is 70.4 Å². The number of rotatable bonds is 16. The molecule has 0 amide bonds. The van der Waals surface area contributed by atoms with Gasteiger partial charge in [0.15, 0.2) is 24.7 Å². The zero-order valence-corrected chi connectivity index (χ0v) is 46.7. The maximum absolute atomic E-state index is 15.3. The highest BCUT2D eigenvalue weighted by Crippen LogP contribution is 2.39. The molecule has 0 spiro atoms. The van der Waals surface area contributed by atoms with Crippen LogP contribution in [0.15, 0.2) is 5.16 Å². The van der Waals surface area contributed by atoms with Crippen molar-refractivity contribution in [3.8, 4) is 0 Å². The molecule has 4 aliphatic heterocycles. The van der Waals surface area contributed by atoms with Crippen molar-refractivity contribution in [2.75, 3.05) is 41.0 Å². The van der Waals surface area contributed by atoms with Crippen LogP contribution in [0.3, 0.4) is 0 Å². The van der Waals surface area contributed by atoms with Crippen LogP contribution < -0.4 is 0 Å². The van der Waals surface area contributed by atoms with E-state index in [1.165, 1.54) is 28.3 Å². The largest absolute Gasteiger partial charge is 0.461 e. The van der Waals surface area contributed by atoms with Gasteiger partial charge in [-0.2, -0.15) is 0 Å². The van der Waals surface area contributed by atoms with E-state index in [0.29, 0.717) is 24.6 Å². The molecule has 72 heavy (non-hydrogen) atoms. The summed E-state index contributed by atoms with van der Waals surface area (Å²) in [6.07, 6.45) is -11.8.